The van der Waals surface area contributed by atoms with Gasteiger partial charge in [-0.3, -0.25) is 4.79 Å². The van der Waals surface area contributed by atoms with Gasteiger partial charge >= 0.3 is 0 Å². The van der Waals surface area contributed by atoms with Gasteiger partial charge in [-0.25, -0.2) is 0 Å². The van der Waals surface area contributed by atoms with Crippen LogP contribution in [0.4, 0.5) is 5.69 Å². The Labute approximate surface area is 166 Å². The first kappa shape index (κ1) is 19.7. The molecule has 0 aromatic heterocycles. The molecule has 0 atom stereocenters. The lowest BCUT2D eigenvalue weighted by Crippen LogP contribution is -2.36. The first-order chi connectivity index (χ1) is 13.1. The van der Waals surface area contributed by atoms with E-state index in [0.717, 1.165) is 32.0 Å². The summed E-state index contributed by atoms with van der Waals surface area (Å²) in [4.78, 5) is 14.6. The second-order valence-corrected chi connectivity index (χ2v) is 7.53. The number of methoxy groups -OCH3 is 1. The first-order valence-corrected chi connectivity index (χ1v) is 9.91. The number of benzene rings is 2. The molecule has 1 saturated heterocycles. The van der Waals surface area contributed by atoms with E-state index >= 15 is 0 Å². The number of halogens is 1. The third-order valence-corrected chi connectivity index (χ3v) is 5.46. The van der Waals surface area contributed by atoms with Crippen LogP contribution in [0.3, 0.4) is 0 Å². The van der Waals surface area contributed by atoms with Crippen molar-refractivity contribution in [3.05, 3.63) is 59.1 Å². The van der Waals surface area contributed by atoms with Crippen molar-refractivity contribution in [2.45, 2.75) is 25.7 Å². The molecule has 3 rings (SSSR count). The number of amides is 1. The third kappa shape index (κ3) is 5.98. The average molecular weight is 387 g/mol. The quantitative estimate of drug-likeness (QED) is 0.754. The van der Waals surface area contributed by atoms with Crippen LogP contribution < -0.4 is 10.1 Å². The van der Waals surface area contributed by atoms with Crippen LogP contribution in [-0.2, 0) is 11.2 Å². The van der Waals surface area contributed by atoms with E-state index in [4.69, 9.17) is 16.3 Å². The molecule has 1 heterocycles. The minimum absolute atomic E-state index is 0.0163. The summed E-state index contributed by atoms with van der Waals surface area (Å²) in [6, 6.07) is 16.0. The Morgan fingerprint density at radius 2 is 1.93 bits per heavy atom. The number of hydrogen-bond acceptors (Lipinski definition) is 3. The van der Waals surface area contributed by atoms with Gasteiger partial charge in [0, 0.05) is 18.7 Å². The normalized spacial score (nSPS) is 15.5. The van der Waals surface area contributed by atoms with E-state index in [1.807, 2.05) is 0 Å². The summed E-state index contributed by atoms with van der Waals surface area (Å²) >= 11 is 6.10. The molecule has 0 spiro atoms. The summed E-state index contributed by atoms with van der Waals surface area (Å²) in [5.74, 6) is 1.37. The largest absolute Gasteiger partial charge is 0.495 e. The Morgan fingerprint density at radius 1 is 1.19 bits per heavy atom. The van der Waals surface area contributed by atoms with Crippen LogP contribution in [0.1, 0.15) is 24.8 Å². The topological polar surface area (TPSA) is 41.6 Å². The van der Waals surface area contributed by atoms with Gasteiger partial charge in [-0.05, 0) is 62.0 Å². The Hall–Kier alpha value is -2.04. The van der Waals surface area contributed by atoms with Gasteiger partial charge in [-0.2, -0.15) is 0 Å². The zero-order valence-corrected chi connectivity index (χ0v) is 16.5. The monoisotopic (exact) mass is 386 g/mol. The molecule has 0 aliphatic carbocycles. The van der Waals surface area contributed by atoms with Crippen molar-refractivity contribution in [3.8, 4) is 5.75 Å². The molecular weight excluding hydrogens is 360 g/mol. The summed E-state index contributed by atoms with van der Waals surface area (Å²) < 4.78 is 5.13. The van der Waals surface area contributed by atoms with E-state index < -0.39 is 0 Å². The predicted molar refractivity (Wildman–Crippen MR) is 111 cm³/mol. The number of nitrogens with one attached hydrogen (secondary N) is 1. The fourth-order valence-electron chi connectivity index (χ4n) is 3.59. The number of carbonyl (C=O) groups excluding carboxylic acids is 1. The fraction of sp³-hybridized carbons (Fsp3) is 0.409. The Bertz CT molecular complexity index is 743. The molecule has 1 aliphatic rings. The summed E-state index contributed by atoms with van der Waals surface area (Å²) in [5, 5.41) is 3.41. The number of hydrogen-bond donors (Lipinski definition) is 1. The van der Waals surface area contributed by atoms with Crippen LogP contribution in [0.25, 0.3) is 0 Å². The summed E-state index contributed by atoms with van der Waals surface area (Å²) in [6.07, 6.45) is 4.05. The third-order valence-electron chi connectivity index (χ3n) is 5.16. The number of rotatable bonds is 7. The number of piperidine rings is 1. The van der Waals surface area contributed by atoms with Crippen LogP contribution in [0, 0.1) is 5.92 Å². The van der Waals surface area contributed by atoms with E-state index in [0.29, 0.717) is 22.9 Å². The van der Waals surface area contributed by atoms with Gasteiger partial charge in [0.25, 0.3) is 0 Å². The molecular formula is C22H27ClN2O2. The highest BCUT2D eigenvalue weighted by Gasteiger charge is 2.20. The zero-order chi connectivity index (χ0) is 19.1. The van der Waals surface area contributed by atoms with Gasteiger partial charge < -0.3 is 15.0 Å². The maximum Gasteiger partial charge on any atom is 0.225 e. The van der Waals surface area contributed by atoms with Crippen LogP contribution in [0.5, 0.6) is 5.75 Å². The molecule has 1 amide bonds. The van der Waals surface area contributed by atoms with Crippen LogP contribution in [0.15, 0.2) is 48.5 Å². The lowest BCUT2D eigenvalue weighted by Gasteiger charge is -2.31. The Balaban J connectivity index is 1.38. The molecule has 0 bridgehead atoms. The van der Waals surface area contributed by atoms with Crippen molar-refractivity contribution in [3.63, 3.8) is 0 Å². The highest BCUT2D eigenvalue weighted by molar-refractivity contribution is 6.32. The maximum absolute atomic E-state index is 12.2. The lowest BCUT2D eigenvalue weighted by molar-refractivity contribution is -0.116. The van der Waals surface area contributed by atoms with E-state index in [1.54, 1.807) is 25.3 Å². The van der Waals surface area contributed by atoms with Crippen molar-refractivity contribution < 1.29 is 9.53 Å². The molecule has 0 radical (unpaired) electrons. The number of carbonyl (C=O) groups is 1. The van der Waals surface area contributed by atoms with Crippen molar-refractivity contribution >= 4 is 23.2 Å². The first-order valence-electron chi connectivity index (χ1n) is 9.53. The molecule has 1 fully saturated rings. The van der Waals surface area contributed by atoms with Crippen molar-refractivity contribution in [1.29, 1.82) is 0 Å². The Morgan fingerprint density at radius 3 is 2.59 bits per heavy atom. The molecule has 144 valence electrons. The molecule has 0 unspecified atom stereocenters. The van der Waals surface area contributed by atoms with E-state index in [2.05, 4.69) is 40.5 Å². The SMILES string of the molecule is COc1ccc(NC(=O)CCN2CCC(Cc3ccccc3)CC2)cc1Cl. The standard InChI is InChI=1S/C22H27ClN2O2/c1-27-21-8-7-19(16-20(21)23)24-22(26)11-14-25-12-9-18(10-13-25)15-17-5-3-2-4-6-17/h2-8,16,18H,9-15H2,1H3,(H,24,26). The summed E-state index contributed by atoms with van der Waals surface area (Å²) in [7, 11) is 1.57. The van der Waals surface area contributed by atoms with Gasteiger partial charge in [-0.15, -0.1) is 0 Å². The number of likely N-dealkylation sites (tertiary alicyclic amines) is 1. The fourth-order valence-corrected chi connectivity index (χ4v) is 3.85. The van der Waals surface area contributed by atoms with E-state index in [9.17, 15) is 4.79 Å². The van der Waals surface area contributed by atoms with Crippen molar-refractivity contribution in [2.75, 3.05) is 32.1 Å². The number of nitrogens with zero attached hydrogens (tertiary/aromatic N) is 1. The van der Waals surface area contributed by atoms with Gasteiger partial charge in [0.05, 0.1) is 12.1 Å². The molecule has 5 heteroatoms. The second-order valence-electron chi connectivity index (χ2n) is 7.12. The molecule has 27 heavy (non-hydrogen) atoms. The summed E-state index contributed by atoms with van der Waals surface area (Å²) in [5.41, 5.74) is 2.13. The van der Waals surface area contributed by atoms with Gasteiger partial charge in [0.1, 0.15) is 5.75 Å². The molecule has 2 aromatic carbocycles. The molecule has 1 aliphatic heterocycles. The highest BCUT2D eigenvalue weighted by Crippen LogP contribution is 2.27. The minimum atomic E-state index is 0.0163. The van der Waals surface area contributed by atoms with Gasteiger partial charge in [0.2, 0.25) is 5.91 Å². The van der Waals surface area contributed by atoms with Crippen LogP contribution in [0.2, 0.25) is 5.02 Å². The molecule has 0 saturated carbocycles. The number of ether oxygens (including phenoxy) is 1. The number of anilines is 1. The van der Waals surface area contributed by atoms with E-state index in [-0.39, 0.29) is 5.91 Å². The van der Waals surface area contributed by atoms with Crippen molar-refractivity contribution in [1.82, 2.24) is 4.90 Å². The summed E-state index contributed by atoms with van der Waals surface area (Å²) in [6.45, 7) is 2.94. The van der Waals surface area contributed by atoms with Crippen LogP contribution in [-0.4, -0.2) is 37.6 Å². The molecule has 4 nitrogen and oxygen atoms in total. The predicted octanol–water partition coefficient (Wildman–Crippen LogP) is 4.63. The van der Waals surface area contributed by atoms with Crippen LogP contribution >= 0.6 is 11.6 Å². The zero-order valence-electron chi connectivity index (χ0n) is 15.8. The maximum atomic E-state index is 12.2. The highest BCUT2D eigenvalue weighted by atomic mass is 35.5. The smallest absolute Gasteiger partial charge is 0.225 e. The molecule has 2 aromatic rings. The average Bonchev–Trinajstić information content (AvgIpc) is 2.68. The second kappa shape index (κ2) is 9.77. The lowest BCUT2D eigenvalue weighted by atomic mass is 9.90. The molecule has 1 N–H and O–H groups in total. The van der Waals surface area contributed by atoms with E-state index in [1.165, 1.54) is 18.4 Å². The van der Waals surface area contributed by atoms with Gasteiger partial charge in [0.15, 0.2) is 0 Å². The Kier molecular flexibility index (Phi) is 7.13. The van der Waals surface area contributed by atoms with Gasteiger partial charge in [-0.1, -0.05) is 41.9 Å². The minimum Gasteiger partial charge on any atom is -0.495 e. The van der Waals surface area contributed by atoms with Crippen molar-refractivity contribution in [2.24, 2.45) is 5.92 Å².